The molecule has 2 rings (SSSR count). The van der Waals surface area contributed by atoms with Crippen molar-refractivity contribution >= 4 is 23.5 Å². The molecular formula is C13H16N6O4. The maximum Gasteiger partial charge on any atom is 0.356 e. The SMILES string of the molecule is CCn1cc(NC(=O)Cn2ccc(C(=O)O)n2)c(C(=O)NC)n1. The fourth-order valence-electron chi connectivity index (χ4n) is 1.86. The van der Waals surface area contributed by atoms with Gasteiger partial charge in [0.25, 0.3) is 5.91 Å². The molecule has 0 spiro atoms. The van der Waals surface area contributed by atoms with Gasteiger partial charge in [0, 0.05) is 26.0 Å². The number of aryl methyl sites for hydroxylation is 1. The molecule has 2 amide bonds. The first-order valence-corrected chi connectivity index (χ1v) is 6.80. The van der Waals surface area contributed by atoms with Gasteiger partial charge in [-0.05, 0) is 13.0 Å². The van der Waals surface area contributed by atoms with Gasteiger partial charge in [-0.2, -0.15) is 10.2 Å². The number of nitrogens with zero attached hydrogens (tertiary/aromatic N) is 4. The van der Waals surface area contributed by atoms with Gasteiger partial charge in [-0.1, -0.05) is 0 Å². The predicted molar refractivity (Wildman–Crippen MR) is 79.1 cm³/mol. The van der Waals surface area contributed by atoms with Gasteiger partial charge in [0.05, 0.1) is 5.69 Å². The van der Waals surface area contributed by atoms with Crippen molar-refractivity contribution < 1.29 is 19.5 Å². The number of nitrogens with one attached hydrogen (secondary N) is 2. The van der Waals surface area contributed by atoms with Crippen LogP contribution in [0.2, 0.25) is 0 Å². The molecule has 0 fully saturated rings. The summed E-state index contributed by atoms with van der Waals surface area (Å²) in [6.45, 7) is 2.21. The molecule has 2 aromatic heterocycles. The summed E-state index contributed by atoms with van der Waals surface area (Å²) < 4.78 is 2.72. The molecule has 0 aliphatic heterocycles. The summed E-state index contributed by atoms with van der Waals surface area (Å²) in [6.07, 6.45) is 2.94. The van der Waals surface area contributed by atoms with Crippen LogP contribution in [-0.4, -0.2) is 49.5 Å². The Hall–Kier alpha value is -3.17. The molecule has 0 atom stereocenters. The molecule has 0 bridgehead atoms. The molecule has 10 nitrogen and oxygen atoms in total. The first-order chi connectivity index (χ1) is 10.9. The van der Waals surface area contributed by atoms with Crippen LogP contribution in [0.3, 0.4) is 0 Å². The number of amides is 2. The van der Waals surface area contributed by atoms with Crippen LogP contribution in [0.25, 0.3) is 0 Å². The van der Waals surface area contributed by atoms with Crippen LogP contribution in [0, 0.1) is 0 Å². The van der Waals surface area contributed by atoms with Gasteiger partial charge >= 0.3 is 5.97 Å². The van der Waals surface area contributed by atoms with Gasteiger partial charge in [-0.15, -0.1) is 0 Å². The van der Waals surface area contributed by atoms with Gasteiger partial charge in [0.15, 0.2) is 11.4 Å². The van der Waals surface area contributed by atoms with E-state index >= 15 is 0 Å². The van der Waals surface area contributed by atoms with E-state index in [0.29, 0.717) is 6.54 Å². The quantitative estimate of drug-likeness (QED) is 0.675. The maximum absolute atomic E-state index is 12.0. The van der Waals surface area contributed by atoms with Crippen LogP contribution in [0.1, 0.15) is 27.9 Å². The molecule has 0 aromatic carbocycles. The largest absolute Gasteiger partial charge is 0.476 e. The molecule has 0 radical (unpaired) electrons. The van der Waals surface area contributed by atoms with E-state index in [1.165, 1.54) is 28.7 Å². The lowest BCUT2D eigenvalue weighted by Gasteiger charge is -2.04. The van der Waals surface area contributed by atoms with Crippen molar-refractivity contribution in [3.63, 3.8) is 0 Å². The molecule has 3 N–H and O–H groups in total. The van der Waals surface area contributed by atoms with Gasteiger partial charge in [0.1, 0.15) is 6.54 Å². The molecule has 0 aliphatic carbocycles. The van der Waals surface area contributed by atoms with E-state index in [1.54, 1.807) is 6.20 Å². The highest BCUT2D eigenvalue weighted by atomic mass is 16.4. The van der Waals surface area contributed by atoms with Gasteiger partial charge in [-0.3, -0.25) is 19.0 Å². The van der Waals surface area contributed by atoms with Crippen molar-refractivity contribution in [1.29, 1.82) is 0 Å². The highest BCUT2D eigenvalue weighted by molar-refractivity contribution is 6.02. The van der Waals surface area contributed by atoms with Crippen LogP contribution in [-0.2, 0) is 17.9 Å². The number of carboxylic acids is 1. The van der Waals surface area contributed by atoms with Crippen LogP contribution in [0.15, 0.2) is 18.5 Å². The average molecular weight is 320 g/mol. The summed E-state index contributed by atoms with van der Waals surface area (Å²) in [4.78, 5) is 34.5. The van der Waals surface area contributed by atoms with Crippen molar-refractivity contribution in [2.24, 2.45) is 0 Å². The lowest BCUT2D eigenvalue weighted by molar-refractivity contribution is -0.116. The number of aromatic nitrogens is 4. The van der Waals surface area contributed by atoms with E-state index < -0.39 is 17.8 Å². The van der Waals surface area contributed by atoms with Gasteiger partial charge in [0.2, 0.25) is 5.91 Å². The van der Waals surface area contributed by atoms with Crippen molar-refractivity contribution in [1.82, 2.24) is 24.9 Å². The lowest BCUT2D eigenvalue weighted by atomic mass is 10.3. The summed E-state index contributed by atoms with van der Waals surface area (Å²) in [6, 6.07) is 1.29. The summed E-state index contributed by atoms with van der Waals surface area (Å²) in [5.41, 5.74) is 0.235. The van der Waals surface area contributed by atoms with Gasteiger partial charge in [-0.25, -0.2) is 4.79 Å². The number of hydrogen-bond donors (Lipinski definition) is 3. The third kappa shape index (κ3) is 3.73. The molecule has 23 heavy (non-hydrogen) atoms. The van der Waals surface area contributed by atoms with Gasteiger partial charge < -0.3 is 15.7 Å². The zero-order valence-corrected chi connectivity index (χ0v) is 12.6. The Labute approximate surface area is 131 Å². The molecule has 0 unspecified atom stereocenters. The second-order valence-electron chi connectivity index (χ2n) is 4.58. The minimum Gasteiger partial charge on any atom is -0.476 e. The molecule has 2 heterocycles. The maximum atomic E-state index is 12.0. The zero-order valence-electron chi connectivity index (χ0n) is 12.6. The van der Waals surface area contributed by atoms with Crippen LogP contribution >= 0.6 is 0 Å². The number of hydrogen-bond acceptors (Lipinski definition) is 5. The fraction of sp³-hybridized carbons (Fsp3) is 0.308. The zero-order chi connectivity index (χ0) is 17.0. The Bertz CT molecular complexity index is 747. The molecular weight excluding hydrogens is 304 g/mol. The number of carboxylic acid groups (broad SMARTS) is 1. The van der Waals surface area contributed by atoms with E-state index in [9.17, 15) is 14.4 Å². The third-order valence-electron chi connectivity index (χ3n) is 2.97. The van der Waals surface area contributed by atoms with E-state index in [-0.39, 0.29) is 23.6 Å². The van der Waals surface area contributed by atoms with Crippen molar-refractivity contribution in [2.45, 2.75) is 20.0 Å². The normalized spacial score (nSPS) is 10.3. The molecule has 10 heteroatoms. The number of rotatable bonds is 6. The molecule has 0 aliphatic rings. The fourth-order valence-corrected chi connectivity index (χ4v) is 1.86. The van der Waals surface area contributed by atoms with Crippen molar-refractivity contribution in [2.75, 3.05) is 12.4 Å². The van der Waals surface area contributed by atoms with E-state index in [0.717, 1.165) is 0 Å². The number of carbonyl (C=O) groups excluding carboxylic acids is 2. The minimum absolute atomic E-state index is 0.106. The minimum atomic E-state index is -1.17. The first-order valence-electron chi connectivity index (χ1n) is 6.80. The number of carbonyl (C=O) groups is 3. The van der Waals surface area contributed by atoms with E-state index in [1.807, 2.05) is 6.92 Å². The molecule has 122 valence electrons. The number of aromatic carboxylic acids is 1. The standard InChI is InChI=1S/C13H16N6O4/c1-3-18-6-9(11(17-18)12(21)14-2)15-10(20)7-19-5-4-8(16-19)13(22)23/h4-6H,3,7H2,1-2H3,(H,14,21)(H,15,20)(H,22,23). The molecule has 2 aromatic rings. The molecule has 0 saturated carbocycles. The highest BCUT2D eigenvalue weighted by Crippen LogP contribution is 2.14. The summed E-state index contributed by atoms with van der Waals surface area (Å²) in [5, 5.41) is 21.6. The Balaban J connectivity index is 2.11. The Morgan fingerprint density at radius 2 is 2.00 bits per heavy atom. The summed E-state index contributed by atoms with van der Waals surface area (Å²) >= 11 is 0. The Morgan fingerprint density at radius 1 is 1.26 bits per heavy atom. The highest BCUT2D eigenvalue weighted by Gasteiger charge is 2.18. The molecule has 0 saturated heterocycles. The monoisotopic (exact) mass is 320 g/mol. The predicted octanol–water partition coefficient (Wildman–Crippen LogP) is -0.204. The smallest absolute Gasteiger partial charge is 0.356 e. The second-order valence-corrected chi connectivity index (χ2v) is 4.58. The second kappa shape index (κ2) is 6.73. The van der Waals surface area contributed by atoms with Crippen LogP contribution in [0.4, 0.5) is 5.69 Å². The Kier molecular flexibility index (Phi) is 4.74. The van der Waals surface area contributed by atoms with Crippen molar-refractivity contribution in [3.8, 4) is 0 Å². The topological polar surface area (TPSA) is 131 Å². The van der Waals surface area contributed by atoms with E-state index in [2.05, 4.69) is 20.8 Å². The van der Waals surface area contributed by atoms with Crippen molar-refractivity contribution in [3.05, 3.63) is 29.8 Å². The lowest BCUT2D eigenvalue weighted by Crippen LogP contribution is -2.23. The van der Waals surface area contributed by atoms with E-state index in [4.69, 9.17) is 5.11 Å². The van der Waals surface area contributed by atoms with Crippen LogP contribution in [0.5, 0.6) is 0 Å². The summed E-state index contributed by atoms with van der Waals surface area (Å²) in [5.74, 6) is -2.04. The number of anilines is 1. The Morgan fingerprint density at radius 3 is 2.57 bits per heavy atom. The summed E-state index contributed by atoms with van der Waals surface area (Å²) in [7, 11) is 1.47. The van der Waals surface area contributed by atoms with Crippen LogP contribution < -0.4 is 10.6 Å². The third-order valence-corrected chi connectivity index (χ3v) is 2.97. The average Bonchev–Trinajstić information content (AvgIpc) is 3.13. The first kappa shape index (κ1) is 16.2.